The second-order valence-electron chi connectivity index (χ2n) is 5.94. The number of hydrogen-bond donors (Lipinski definition) is 2. The number of ether oxygens (including phenoxy) is 2. The lowest BCUT2D eigenvalue weighted by Gasteiger charge is -2.26. The largest absolute Gasteiger partial charge is 0.463 e. The molecular formula is C18H15F3N4O3. The molecular weight excluding hydrogens is 377 g/mol. The first-order valence-corrected chi connectivity index (χ1v) is 8.20. The summed E-state index contributed by atoms with van der Waals surface area (Å²) in [6.45, 7) is 3.13. The average Bonchev–Trinajstić information content (AvgIpc) is 3.06. The highest BCUT2D eigenvalue weighted by molar-refractivity contribution is 5.94. The maximum Gasteiger partial charge on any atom is 0.449 e. The summed E-state index contributed by atoms with van der Waals surface area (Å²) in [5, 5.41) is 9.56. The molecule has 1 atom stereocenters. The molecule has 146 valence electrons. The third-order valence-electron chi connectivity index (χ3n) is 4.22. The molecule has 0 bridgehead atoms. The maximum absolute atomic E-state index is 13.1. The van der Waals surface area contributed by atoms with Gasteiger partial charge in [-0.05, 0) is 25.5 Å². The quantitative estimate of drug-likeness (QED) is 0.775. The number of hydrogen-bond acceptors (Lipinski definition) is 6. The normalized spacial score (nSPS) is 17.5. The highest BCUT2D eigenvalue weighted by atomic mass is 19.4. The van der Waals surface area contributed by atoms with Crippen LogP contribution in [0.5, 0.6) is 0 Å². The number of allylic oxidation sites excluding steroid dienone is 2. The van der Waals surface area contributed by atoms with Crippen molar-refractivity contribution in [1.82, 2.24) is 9.97 Å². The maximum atomic E-state index is 13.1. The standard InChI is InChI=1S/C18H15F3N4O3/c1-3-27-16(26)12-8(2)28-15(23)10(7-22)13(12)9-5-4-6-11-14(9)25-17(24-11)18(19,20)21/h4-6,13H,3,23H2,1-2H3,(H,24,25). The molecule has 0 aliphatic carbocycles. The van der Waals surface area contributed by atoms with Crippen LogP contribution < -0.4 is 5.73 Å². The highest BCUT2D eigenvalue weighted by Crippen LogP contribution is 2.42. The van der Waals surface area contributed by atoms with E-state index in [2.05, 4.69) is 9.97 Å². The first kappa shape index (κ1) is 19.3. The number of aromatic nitrogens is 2. The van der Waals surface area contributed by atoms with Crippen LogP contribution in [0.2, 0.25) is 0 Å². The molecule has 10 heteroatoms. The molecule has 1 aromatic heterocycles. The third-order valence-corrected chi connectivity index (χ3v) is 4.22. The SMILES string of the molecule is CCOC(=O)C1=C(C)OC(N)=C(C#N)C1c1cccc2[nH]c(C(F)(F)F)nc12. The lowest BCUT2D eigenvalue weighted by Crippen LogP contribution is -2.25. The number of nitrogens with one attached hydrogen (secondary N) is 1. The van der Waals surface area contributed by atoms with E-state index in [1.165, 1.54) is 25.1 Å². The molecule has 1 unspecified atom stereocenters. The minimum Gasteiger partial charge on any atom is -0.463 e. The van der Waals surface area contributed by atoms with Crippen molar-refractivity contribution in [3.63, 3.8) is 0 Å². The minimum absolute atomic E-state index is 0.0170. The Labute approximate surface area is 157 Å². The summed E-state index contributed by atoms with van der Waals surface area (Å²) in [4.78, 5) is 18.4. The Morgan fingerprint density at radius 3 is 2.79 bits per heavy atom. The van der Waals surface area contributed by atoms with E-state index in [1.54, 1.807) is 6.92 Å². The van der Waals surface area contributed by atoms with Crippen LogP contribution in [0.4, 0.5) is 13.2 Å². The number of nitrogens with zero attached hydrogens (tertiary/aromatic N) is 2. The zero-order valence-corrected chi connectivity index (χ0v) is 14.8. The van der Waals surface area contributed by atoms with E-state index in [-0.39, 0.29) is 46.0 Å². The summed E-state index contributed by atoms with van der Waals surface area (Å²) in [7, 11) is 0. The van der Waals surface area contributed by atoms with Crippen molar-refractivity contribution in [1.29, 1.82) is 5.26 Å². The van der Waals surface area contributed by atoms with Gasteiger partial charge in [0, 0.05) is 0 Å². The molecule has 2 aromatic rings. The molecule has 0 amide bonds. The lowest BCUT2D eigenvalue weighted by atomic mass is 9.82. The van der Waals surface area contributed by atoms with Gasteiger partial charge in [-0.1, -0.05) is 12.1 Å². The van der Waals surface area contributed by atoms with Crippen molar-refractivity contribution in [2.24, 2.45) is 5.73 Å². The number of halogens is 3. The molecule has 0 spiro atoms. The number of carbonyl (C=O) groups is 1. The van der Waals surface area contributed by atoms with Crippen LogP contribution in [0, 0.1) is 11.3 Å². The van der Waals surface area contributed by atoms with Gasteiger partial charge in [0.15, 0.2) is 0 Å². The van der Waals surface area contributed by atoms with Crippen molar-refractivity contribution in [2.45, 2.75) is 25.9 Å². The third kappa shape index (κ3) is 3.15. The number of nitrogens with two attached hydrogens (primary N) is 1. The van der Waals surface area contributed by atoms with E-state index in [0.29, 0.717) is 0 Å². The number of carbonyl (C=O) groups excluding carboxylic acids is 1. The molecule has 0 fully saturated rings. The van der Waals surface area contributed by atoms with Gasteiger partial charge in [-0.25, -0.2) is 9.78 Å². The van der Waals surface area contributed by atoms with Crippen molar-refractivity contribution in [3.8, 4) is 6.07 Å². The molecule has 1 aromatic carbocycles. The first-order chi connectivity index (χ1) is 13.2. The number of esters is 1. The smallest absolute Gasteiger partial charge is 0.449 e. The number of H-pyrrole nitrogens is 1. The predicted octanol–water partition coefficient (Wildman–Crippen LogP) is 3.23. The van der Waals surface area contributed by atoms with Crippen molar-refractivity contribution < 1.29 is 27.4 Å². The second-order valence-corrected chi connectivity index (χ2v) is 5.94. The summed E-state index contributed by atoms with van der Waals surface area (Å²) < 4.78 is 49.6. The summed E-state index contributed by atoms with van der Waals surface area (Å²) in [5.74, 6) is -3.15. The van der Waals surface area contributed by atoms with E-state index >= 15 is 0 Å². The zero-order valence-electron chi connectivity index (χ0n) is 14.8. The number of alkyl halides is 3. The van der Waals surface area contributed by atoms with Gasteiger partial charge < -0.3 is 20.2 Å². The fraction of sp³-hybridized carbons (Fsp3) is 0.278. The van der Waals surface area contributed by atoms with Gasteiger partial charge in [-0.2, -0.15) is 18.4 Å². The van der Waals surface area contributed by atoms with Gasteiger partial charge >= 0.3 is 12.1 Å². The number of aromatic amines is 1. The van der Waals surface area contributed by atoms with Crippen molar-refractivity contribution in [3.05, 3.63) is 52.4 Å². The van der Waals surface area contributed by atoms with Gasteiger partial charge in [0.2, 0.25) is 11.7 Å². The molecule has 2 heterocycles. The molecule has 0 saturated carbocycles. The van der Waals surface area contributed by atoms with Gasteiger partial charge in [0.1, 0.15) is 17.4 Å². The second kappa shape index (κ2) is 6.92. The Bertz CT molecular complexity index is 1060. The topological polar surface area (TPSA) is 114 Å². The number of fused-ring (bicyclic) bond motifs is 1. The number of nitriles is 1. The molecule has 7 nitrogen and oxygen atoms in total. The van der Waals surface area contributed by atoms with E-state index in [4.69, 9.17) is 15.2 Å². The van der Waals surface area contributed by atoms with Crippen LogP contribution in [0.3, 0.4) is 0 Å². The highest BCUT2D eigenvalue weighted by Gasteiger charge is 2.39. The summed E-state index contributed by atoms with van der Waals surface area (Å²) in [6.07, 6.45) is -4.69. The molecule has 0 saturated heterocycles. The van der Waals surface area contributed by atoms with Gasteiger partial charge in [0.05, 0.1) is 29.1 Å². The van der Waals surface area contributed by atoms with E-state index in [0.717, 1.165) is 0 Å². The number of para-hydroxylation sites is 1. The molecule has 3 N–H and O–H groups in total. The van der Waals surface area contributed by atoms with Crippen LogP contribution in [-0.4, -0.2) is 22.5 Å². The summed E-state index contributed by atoms with van der Waals surface area (Å²) in [6, 6.07) is 6.27. The number of benzene rings is 1. The van der Waals surface area contributed by atoms with E-state index < -0.39 is 23.9 Å². The Morgan fingerprint density at radius 2 is 2.18 bits per heavy atom. The van der Waals surface area contributed by atoms with Crippen LogP contribution in [0.1, 0.15) is 31.2 Å². The van der Waals surface area contributed by atoms with Gasteiger partial charge in [0.25, 0.3) is 0 Å². The fourth-order valence-corrected chi connectivity index (χ4v) is 3.09. The fourth-order valence-electron chi connectivity index (χ4n) is 3.09. The summed E-state index contributed by atoms with van der Waals surface area (Å²) in [5.41, 5.74) is 5.95. The van der Waals surface area contributed by atoms with Crippen LogP contribution in [-0.2, 0) is 20.4 Å². The Hall–Kier alpha value is -3.48. The van der Waals surface area contributed by atoms with Crippen LogP contribution in [0.25, 0.3) is 11.0 Å². The molecule has 0 radical (unpaired) electrons. The lowest BCUT2D eigenvalue weighted by molar-refractivity contribution is -0.144. The van der Waals surface area contributed by atoms with Crippen molar-refractivity contribution in [2.75, 3.05) is 6.61 Å². The molecule has 3 rings (SSSR count). The Morgan fingerprint density at radius 1 is 1.46 bits per heavy atom. The van der Waals surface area contributed by atoms with Gasteiger partial charge in [-0.3, -0.25) is 0 Å². The van der Waals surface area contributed by atoms with Crippen LogP contribution in [0.15, 0.2) is 41.0 Å². The molecule has 28 heavy (non-hydrogen) atoms. The van der Waals surface area contributed by atoms with Gasteiger partial charge in [-0.15, -0.1) is 0 Å². The first-order valence-electron chi connectivity index (χ1n) is 8.20. The number of imidazole rings is 1. The zero-order chi connectivity index (χ0) is 20.6. The van der Waals surface area contributed by atoms with Crippen molar-refractivity contribution >= 4 is 17.0 Å². The average molecular weight is 392 g/mol. The number of rotatable bonds is 3. The molecule has 1 aliphatic rings. The Kier molecular flexibility index (Phi) is 4.77. The van der Waals surface area contributed by atoms with Crippen LogP contribution >= 0.6 is 0 Å². The summed E-state index contributed by atoms with van der Waals surface area (Å²) >= 11 is 0. The molecule has 1 aliphatic heterocycles. The predicted molar refractivity (Wildman–Crippen MR) is 91.1 cm³/mol. The Balaban J connectivity index is 2.28. The minimum atomic E-state index is -4.69. The monoisotopic (exact) mass is 392 g/mol. The van der Waals surface area contributed by atoms with E-state index in [1.807, 2.05) is 6.07 Å². The van der Waals surface area contributed by atoms with E-state index in [9.17, 15) is 23.2 Å².